The highest BCUT2D eigenvalue weighted by molar-refractivity contribution is 5.78. The zero-order valence-corrected chi connectivity index (χ0v) is 12.2. The van der Waals surface area contributed by atoms with Gasteiger partial charge in [0.1, 0.15) is 6.04 Å². The molecule has 4 nitrogen and oxygen atoms in total. The molecule has 0 spiro atoms. The van der Waals surface area contributed by atoms with E-state index in [-0.39, 0.29) is 5.97 Å². The minimum absolute atomic E-state index is 0.245. The van der Waals surface area contributed by atoms with Gasteiger partial charge < -0.3 is 9.47 Å². The Bertz CT molecular complexity index is 418. The number of aryl methyl sites for hydroxylation is 2. The highest BCUT2D eigenvalue weighted by atomic mass is 16.5. The molecule has 1 aromatic carbocycles. The Morgan fingerprint density at radius 2 is 2.11 bits per heavy atom. The van der Waals surface area contributed by atoms with E-state index in [1.54, 1.807) is 7.11 Å². The summed E-state index contributed by atoms with van der Waals surface area (Å²) in [6.07, 6.45) is 0. The van der Waals surface area contributed by atoms with Crippen LogP contribution in [0.4, 0.5) is 0 Å². The van der Waals surface area contributed by atoms with Gasteiger partial charge in [0, 0.05) is 13.7 Å². The average Bonchev–Trinajstić information content (AvgIpc) is 2.36. The van der Waals surface area contributed by atoms with E-state index in [1.807, 2.05) is 32.9 Å². The normalized spacial score (nSPS) is 12.2. The molecule has 0 bridgehead atoms. The molecule has 0 amide bonds. The summed E-state index contributed by atoms with van der Waals surface area (Å²) in [7, 11) is 1.64. The third-order valence-electron chi connectivity index (χ3n) is 2.91. The predicted molar refractivity (Wildman–Crippen MR) is 75.2 cm³/mol. The zero-order valence-electron chi connectivity index (χ0n) is 12.2. The molecular weight excluding hydrogens is 242 g/mol. The molecule has 1 rings (SSSR count). The molecule has 0 fully saturated rings. The van der Waals surface area contributed by atoms with E-state index in [0.29, 0.717) is 19.8 Å². The van der Waals surface area contributed by atoms with Crippen LogP contribution < -0.4 is 5.32 Å². The molecule has 106 valence electrons. The number of carbonyl (C=O) groups excluding carboxylic acids is 1. The van der Waals surface area contributed by atoms with Crippen LogP contribution in [-0.4, -0.2) is 32.8 Å². The number of esters is 1. The molecule has 0 radical (unpaired) electrons. The number of hydrogen-bond acceptors (Lipinski definition) is 4. The van der Waals surface area contributed by atoms with Crippen LogP contribution in [-0.2, 0) is 14.3 Å². The fraction of sp³-hybridized carbons (Fsp3) is 0.533. The molecule has 1 unspecified atom stereocenters. The molecule has 1 N–H and O–H groups in total. The smallest absolute Gasteiger partial charge is 0.327 e. The topological polar surface area (TPSA) is 47.6 Å². The first-order valence-electron chi connectivity index (χ1n) is 6.56. The van der Waals surface area contributed by atoms with Crippen molar-refractivity contribution in [2.75, 3.05) is 26.9 Å². The number of ether oxygens (including phenoxy) is 2. The molecule has 0 aliphatic heterocycles. The molecule has 0 aliphatic rings. The quantitative estimate of drug-likeness (QED) is 0.606. The largest absolute Gasteiger partial charge is 0.465 e. The second-order valence-electron chi connectivity index (χ2n) is 4.49. The van der Waals surface area contributed by atoms with E-state index in [4.69, 9.17) is 9.47 Å². The number of carbonyl (C=O) groups is 1. The van der Waals surface area contributed by atoms with Gasteiger partial charge in [-0.3, -0.25) is 5.32 Å². The zero-order chi connectivity index (χ0) is 14.3. The van der Waals surface area contributed by atoms with Crippen LogP contribution in [0, 0.1) is 13.8 Å². The van der Waals surface area contributed by atoms with Crippen LogP contribution in [0.3, 0.4) is 0 Å². The Hall–Kier alpha value is -1.39. The van der Waals surface area contributed by atoms with Crippen LogP contribution in [0.15, 0.2) is 18.2 Å². The monoisotopic (exact) mass is 265 g/mol. The van der Waals surface area contributed by atoms with E-state index >= 15 is 0 Å². The van der Waals surface area contributed by atoms with Crippen LogP contribution in [0.5, 0.6) is 0 Å². The van der Waals surface area contributed by atoms with Gasteiger partial charge in [-0.05, 0) is 31.9 Å². The van der Waals surface area contributed by atoms with Crippen molar-refractivity contribution in [2.24, 2.45) is 0 Å². The van der Waals surface area contributed by atoms with E-state index in [1.165, 1.54) is 5.56 Å². The minimum Gasteiger partial charge on any atom is -0.465 e. The van der Waals surface area contributed by atoms with Crippen LogP contribution >= 0.6 is 0 Å². The Balaban J connectivity index is 2.90. The van der Waals surface area contributed by atoms with Crippen molar-refractivity contribution >= 4 is 5.97 Å². The fourth-order valence-electron chi connectivity index (χ4n) is 2.00. The van der Waals surface area contributed by atoms with Crippen molar-refractivity contribution in [3.63, 3.8) is 0 Å². The third kappa shape index (κ3) is 4.65. The molecule has 19 heavy (non-hydrogen) atoms. The van der Waals surface area contributed by atoms with Gasteiger partial charge in [-0.1, -0.05) is 23.8 Å². The molecule has 1 aromatic rings. The van der Waals surface area contributed by atoms with Crippen LogP contribution in [0.2, 0.25) is 0 Å². The molecular formula is C15H23NO3. The van der Waals surface area contributed by atoms with Crippen LogP contribution in [0.25, 0.3) is 0 Å². The van der Waals surface area contributed by atoms with Gasteiger partial charge in [-0.15, -0.1) is 0 Å². The molecule has 1 atom stereocenters. The number of hydrogen-bond donors (Lipinski definition) is 1. The van der Waals surface area contributed by atoms with Crippen molar-refractivity contribution in [1.29, 1.82) is 0 Å². The highest BCUT2D eigenvalue weighted by Gasteiger charge is 2.22. The van der Waals surface area contributed by atoms with Gasteiger partial charge in [-0.25, -0.2) is 4.79 Å². The number of methoxy groups -OCH3 is 1. The van der Waals surface area contributed by atoms with Gasteiger partial charge in [0.25, 0.3) is 0 Å². The second-order valence-corrected chi connectivity index (χ2v) is 4.49. The molecule has 0 saturated heterocycles. The number of rotatable bonds is 7. The summed E-state index contributed by atoms with van der Waals surface area (Å²) in [4.78, 5) is 12.0. The predicted octanol–water partition coefficient (Wildman–Crippen LogP) is 2.14. The standard InChI is InChI=1S/C15H23NO3/c1-5-19-15(17)14(16-8-9-18-4)13-7-6-11(2)10-12(13)3/h6-7,10,14,16H,5,8-9H2,1-4H3. The maximum absolute atomic E-state index is 12.0. The van der Waals surface area contributed by atoms with Crippen molar-refractivity contribution in [2.45, 2.75) is 26.8 Å². The van der Waals surface area contributed by atoms with Gasteiger partial charge in [0.2, 0.25) is 0 Å². The summed E-state index contributed by atoms with van der Waals surface area (Å²) in [6.45, 7) is 7.40. The van der Waals surface area contributed by atoms with E-state index in [2.05, 4.69) is 11.4 Å². The Morgan fingerprint density at radius 1 is 1.37 bits per heavy atom. The number of benzene rings is 1. The average molecular weight is 265 g/mol. The summed E-state index contributed by atoms with van der Waals surface area (Å²) in [6, 6.07) is 5.62. The summed E-state index contributed by atoms with van der Waals surface area (Å²) < 4.78 is 10.1. The van der Waals surface area contributed by atoms with Gasteiger partial charge in [-0.2, -0.15) is 0 Å². The lowest BCUT2D eigenvalue weighted by atomic mass is 9.99. The summed E-state index contributed by atoms with van der Waals surface area (Å²) in [5.74, 6) is -0.245. The lowest BCUT2D eigenvalue weighted by molar-refractivity contribution is -0.145. The Kier molecular flexibility index (Phi) is 6.53. The second kappa shape index (κ2) is 7.92. The SMILES string of the molecule is CCOC(=O)C(NCCOC)c1ccc(C)cc1C. The summed E-state index contributed by atoms with van der Waals surface area (Å²) in [5, 5.41) is 3.18. The van der Waals surface area contributed by atoms with E-state index < -0.39 is 6.04 Å². The highest BCUT2D eigenvalue weighted by Crippen LogP contribution is 2.20. The number of nitrogens with one attached hydrogen (secondary N) is 1. The molecule has 0 aliphatic carbocycles. The maximum Gasteiger partial charge on any atom is 0.327 e. The molecule has 0 heterocycles. The molecule has 4 heteroatoms. The van der Waals surface area contributed by atoms with Gasteiger partial charge in [0.15, 0.2) is 0 Å². The Morgan fingerprint density at radius 3 is 2.68 bits per heavy atom. The fourth-order valence-corrected chi connectivity index (χ4v) is 2.00. The van der Waals surface area contributed by atoms with Crippen molar-refractivity contribution < 1.29 is 14.3 Å². The lowest BCUT2D eigenvalue weighted by Crippen LogP contribution is -2.33. The van der Waals surface area contributed by atoms with E-state index in [9.17, 15) is 4.79 Å². The van der Waals surface area contributed by atoms with Crippen LogP contribution in [0.1, 0.15) is 29.7 Å². The van der Waals surface area contributed by atoms with Crippen molar-refractivity contribution in [3.8, 4) is 0 Å². The summed E-state index contributed by atoms with van der Waals surface area (Å²) in [5.41, 5.74) is 3.23. The Labute approximate surface area is 115 Å². The maximum atomic E-state index is 12.0. The first kappa shape index (κ1) is 15.7. The molecule has 0 saturated carbocycles. The first-order chi connectivity index (χ1) is 9.10. The van der Waals surface area contributed by atoms with Gasteiger partial charge in [0.05, 0.1) is 13.2 Å². The van der Waals surface area contributed by atoms with Gasteiger partial charge >= 0.3 is 5.97 Å². The third-order valence-corrected chi connectivity index (χ3v) is 2.91. The minimum atomic E-state index is -0.435. The summed E-state index contributed by atoms with van der Waals surface area (Å²) >= 11 is 0. The van der Waals surface area contributed by atoms with Crippen molar-refractivity contribution in [3.05, 3.63) is 34.9 Å². The van der Waals surface area contributed by atoms with E-state index in [0.717, 1.165) is 11.1 Å². The lowest BCUT2D eigenvalue weighted by Gasteiger charge is -2.19. The molecule has 0 aromatic heterocycles. The first-order valence-corrected chi connectivity index (χ1v) is 6.56. The van der Waals surface area contributed by atoms with Crippen molar-refractivity contribution in [1.82, 2.24) is 5.32 Å².